The molecule has 0 unspecified atom stereocenters. The van der Waals surface area contributed by atoms with E-state index in [2.05, 4.69) is 5.32 Å². The molecule has 2 aromatic rings. The van der Waals surface area contributed by atoms with E-state index in [9.17, 15) is 18.7 Å². The molecular weight excluding hydrogens is 292 g/mol. The monoisotopic (exact) mass is 307 g/mol. The Hall–Kier alpha value is -2.63. The Kier molecular flexibility index (Phi) is 4.93. The lowest BCUT2D eigenvalue weighted by Crippen LogP contribution is -2.26. The first-order valence-electron chi connectivity index (χ1n) is 6.60. The van der Waals surface area contributed by atoms with Gasteiger partial charge in [0.25, 0.3) is 5.91 Å². The summed E-state index contributed by atoms with van der Waals surface area (Å²) in [6.07, 6.45) is 0.506. The van der Waals surface area contributed by atoms with Crippen LogP contribution in [0.2, 0.25) is 0 Å². The van der Waals surface area contributed by atoms with Crippen molar-refractivity contribution in [2.24, 2.45) is 0 Å². The van der Waals surface area contributed by atoms with Crippen molar-refractivity contribution in [1.29, 1.82) is 0 Å². The molecule has 4 nitrogen and oxygen atoms in total. The Labute approximate surface area is 126 Å². The zero-order valence-corrected chi connectivity index (χ0v) is 11.9. The average molecular weight is 307 g/mol. The summed E-state index contributed by atoms with van der Waals surface area (Å²) in [4.78, 5) is 11.9. The van der Waals surface area contributed by atoms with Gasteiger partial charge in [-0.25, -0.2) is 8.78 Å². The molecule has 22 heavy (non-hydrogen) atoms. The van der Waals surface area contributed by atoms with Crippen molar-refractivity contribution in [1.82, 2.24) is 5.32 Å². The first kappa shape index (κ1) is 15.8. The maximum atomic E-state index is 13.5. The van der Waals surface area contributed by atoms with E-state index in [1.807, 2.05) is 18.2 Å². The second-order valence-electron chi connectivity index (χ2n) is 4.64. The Morgan fingerprint density at radius 2 is 2.05 bits per heavy atom. The largest absolute Gasteiger partial charge is 0.507 e. The summed E-state index contributed by atoms with van der Waals surface area (Å²) in [5.74, 6) is -2.86. The molecule has 0 bridgehead atoms. The van der Waals surface area contributed by atoms with Crippen LogP contribution in [0.1, 0.15) is 15.9 Å². The van der Waals surface area contributed by atoms with Crippen LogP contribution in [-0.2, 0) is 6.42 Å². The molecule has 2 aromatic carbocycles. The van der Waals surface area contributed by atoms with Crippen LogP contribution in [0, 0.1) is 11.6 Å². The summed E-state index contributed by atoms with van der Waals surface area (Å²) < 4.78 is 31.5. The van der Waals surface area contributed by atoms with Gasteiger partial charge >= 0.3 is 0 Å². The minimum absolute atomic E-state index is 0.238. The van der Waals surface area contributed by atoms with Gasteiger partial charge < -0.3 is 15.2 Å². The molecule has 2 rings (SSSR count). The molecule has 0 fully saturated rings. The van der Waals surface area contributed by atoms with Gasteiger partial charge in [-0.3, -0.25) is 4.79 Å². The van der Waals surface area contributed by atoms with Crippen LogP contribution >= 0.6 is 0 Å². The summed E-state index contributed by atoms with van der Waals surface area (Å²) in [5, 5.41) is 12.0. The Bertz CT molecular complexity index is 666. The first-order valence-corrected chi connectivity index (χ1v) is 6.60. The van der Waals surface area contributed by atoms with Gasteiger partial charge in [-0.2, -0.15) is 0 Å². The van der Waals surface area contributed by atoms with E-state index in [0.717, 1.165) is 5.56 Å². The van der Waals surface area contributed by atoms with Gasteiger partial charge in [-0.15, -0.1) is 0 Å². The van der Waals surface area contributed by atoms with E-state index in [-0.39, 0.29) is 6.54 Å². The zero-order chi connectivity index (χ0) is 16.1. The number of benzene rings is 2. The Balaban J connectivity index is 1.98. The maximum absolute atomic E-state index is 13.5. The first-order chi connectivity index (χ1) is 10.5. The Morgan fingerprint density at radius 1 is 1.27 bits per heavy atom. The predicted octanol–water partition coefficient (Wildman–Crippen LogP) is 2.65. The van der Waals surface area contributed by atoms with Crippen LogP contribution in [0.3, 0.4) is 0 Å². The van der Waals surface area contributed by atoms with Crippen LogP contribution in [0.25, 0.3) is 0 Å². The molecule has 0 aliphatic carbocycles. The lowest BCUT2D eigenvalue weighted by Gasteiger charge is -2.09. The molecule has 1 amide bonds. The van der Waals surface area contributed by atoms with E-state index >= 15 is 0 Å². The SMILES string of the molecule is COc1cccc(CCNC(=O)c2c(O)cc(F)cc2F)c1. The molecule has 0 heterocycles. The summed E-state index contributed by atoms with van der Waals surface area (Å²) in [5.41, 5.74) is 0.371. The van der Waals surface area contributed by atoms with Gasteiger partial charge in [0, 0.05) is 18.7 Å². The summed E-state index contributed by atoms with van der Waals surface area (Å²) in [7, 11) is 1.56. The minimum Gasteiger partial charge on any atom is -0.507 e. The topological polar surface area (TPSA) is 58.6 Å². The molecule has 0 spiro atoms. The number of carbonyl (C=O) groups excluding carboxylic acids is 1. The lowest BCUT2D eigenvalue weighted by molar-refractivity contribution is 0.0947. The Morgan fingerprint density at radius 3 is 2.73 bits per heavy atom. The number of carbonyl (C=O) groups is 1. The smallest absolute Gasteiger partial charge is 0.258 e. The molecule has 0 atom stereocenters. The normalized spacial score (nSPS) is 10.3. The van der Waals surface area contributed by atoms with Crippen LogP contribution < -0.4 is 10.1 Å². The number of methoxy groups -OCH3 is 1. The minimum atomic E-state index is -1.10. The highest BCUT2D eigenvalue weighted by Crippen LogP contribution is 2.21. The van der Waals surface area contributed by atoms with Gasteiger partial charge in [0.15, 0.2) is 0 Å². The number of hydrogen-bond acceptors (Lipinski definition) is 3. The number of hydrogen-bond donors (Lipinski definition) is 2. The second-order valence-corrected chi connectivity index (χ2v) is 4.64. The van der Waals surface area contributed by atoms with Gasteiger partial charge in [0.2, 0.25) is 0 Å². The van der Waals surface area contributed by atoms with Crippen LogP contribution in [-0.4, -0.2) is 24.7 Å². The standard InChI is InChI=1S/C16H15F2NO3/c1-22-12-4-2-3-10(7-12)5-6-19-16(21)15-13(18)8-11(17)9-14(15)20/h2-4,7-9,20H,5-6H2,1H3,(H,19,21). The fourth-order valence-corrected chi connectivity index (χ4v) is 2.02. The fraction of sp³-hybridized carbons (Fsp3) is 0.188. The molecule has 0 aliphatic heterocycles. The van der Waals surface area contributed by atoms with Crippen molar-refractivity contribution in [3.63, 3.8) is 0 Å². The quantitative estimate of drug-likeness (QED) is 0.893. The summed E-state index contributed by atoms with van der Waals surface area (Å²) >= 11 is 0. The molecule has 0 aliphatic rings. The number of amides is 1. The average Bonchev–Trinajstić information content (AvgIpc) is 2.46. The van der Waals surface area contributed by atoms with Crippen molar-refractivity contribution in [2.75, 3.05) is 13.7 Å². The highest BCUT2D eigenvalue weighted by atomic mass is 19.1. The third-order valence-corrected chi connectivity index (χ3v) is 3.09. The van der Waals surface area contributed by atoms with Crippen molar-refractivity contribution < 1.29 is 23.4 Å². The lowest BCUT2D eigenvalue weighted by atomic mass is 10.1. The van der Waals surface area contributed by atoms with Crippen molar-refractivity contribution in [3.05, 3.63) is 59.2 Å². The summed E-state index contributed by atoms with van der Waals surface area (Å²) in [6, 6.07) is 8.55. The van der Waals surface area contributed by atoms with Crippen LogP contribution in [0.15, 0.2) is 36.4 Å². The van der Waals surface area contributed by atoms with Crippen LogP contribution in [0.4, 0.5) is 8.78 Å². The van der Waals surface area contributed by atoms with E-state index < -0.39 is 28.9 Å². The van der Waals surface area contributed by atoms with Crippen molar-refractivity contribution >= 4 is 5.91 Å². The predicted molar refractivity (Wildman–Crippen MR) is 77.1 cm³/mol. The van der Waals surface area contributed by atoms with Crippen LogP contribution in [0.5, 0.6) is 11.5 Å². The number of phenols is 1. The maximum Gasteiger partial charge on any atom is 0.258 e. The molecule has 0 aromatic heterocycles. The van der Waals surface area contributed by atoms with Gasteiger partial charge in [0.05, 0.1) is 7.11 Å². The van der Waals surface area contributed by atoms with E-state index in [1.54, 1.807) is 13.2 Å². The van der Waals surface area contributed by atoms with Crippen molar-refractivity contribution in [2.45, 2.75) is 6.42 Å². The van der Waals surface area contributed by atoms with Gasteiger partial charge in [-0.05, 0) is 24.1 Å². The third kappa shape index (κ3) is 3.72. The highest BCUT2D eigenvalue weighted by Gasteiger charge is 2.18. The molecule has 0 saturated carbocycles. The zero-order valence-electron chi connectivity index (χ0n) is 11.9. The number of ether oxygens (including phenoxy) is 1. The third-order valence-electron chi connectivity index (χ3n) is 3.09. The van der Waals surface area contributed by atoms with Gasteiger partial charge in [-0.1, -0.05) is 12.1 Å². The van der Waals surface area contributed by atoms with E-state index in [4.69, 9.17) is 4.74 Å². The number of aromatic hydroxyl groups is 1. The van der Waals surface area contributed by atoms with E-state index in [1.165, 1.54) is 0 Å². The number of nitrogens with one attached hydrogen (secondary N) is 1. The number of rotatable bonds is 5. The summed E-state index contributed by atoms with van der Waals surface area (Å²) in [6.45, 7) is 0.238. The highest BCUT2D eigenvalue weighted by molar-refractivity contribution is 5.97. The molecule has 0 saturated heterocycles. The molecular formula is C16H15F2NO3. The molecule has 116 valence electrons. The molecule has 0 radical (unpaired) electrons. The van der Waals surface area contributed by atoms with E-state index in [0.29, 0.717) is 24.3 Å². The number of halogens is 2. The number of phenolic OH excluding ortho intramolecular Hbond substituents is 1. The molecule has 6 heteroatoms. The van der Waals surface area contributed by atoms with Crippen molar-refractivity contribution in [3.8, 4) is 11.5 Å². The van der Waals surface area contributed by atoms with Gasteiger partial charge in [0.1, 0.15) is 28.7 Å². The molecule has 2 N–H and O–H groups in total. The fourth-order valence-electron chi connectivity index (χ4n) is 2.02. The second kappa shape index (κ2) is 6.89.